The minimum absolute atomic E-state index is 0.120. The van der Waals surface area contributed by atoms with Crippen LogP contribution in [-0.2, 0) is 11.3 Å². The Balaban J connectivity index is 1.93. The van der Waals surface area contributed by atoms with Crippen LogP contribution >= 0.6 is 15.9 Å². The van der Waals surface area contributed by atoms with Gasteiger partial charge in [-0.05, 0) is 30.4 Å². The smallest absolute Gasteiger partial charge is 0.270 e. The van der Waals surface area contributed by atoms with E-state index >= 15 is 0 Å². The minimum Gasteiger partial charge on any atom is -0.507 e. The van der Waals surface area contributed by atoms with E-state index in [0.717, 1.165) is 28.2 Å². The van der Waals surface area contributed by atoms with Gasteiger partial charge in [0.05, 0.1) is 17.1 Å². The lowest BCUT2D eigenvalue weighted by molar-refractivity contribution is -0.384. The zero-order chi connectivity index (χ0) is 18.0. The number of carbonyl (C=O) groups is 1. The van der Waals surface area contributed by atoms with Crippen molar-refractivity contribution in [3.8, 4) is 11.5 Å². The van der Waals surface area contributed by atoms with Gasteiger partial charge >= 0.3 is 0 Å². The van der Waals surface area contributed by atoms with E-state index in [0.29, 0.717) is 17.9 Å². The number of allylic oxidation sites excluding steroid dienone is 1. The van der Waals surface area contributed by atoms with Gasteiger partial charge in [0.25, 0.3) is 5.69 Å². The zero-order valence-electron chi connectivity index (χ0n) is 12.8. The van der Waals surface area contributed by atoms with Crippen LogP contribution in [0.1, 0.15) is 21.5 Å². The number of nitro benzene ring substituents is 1. The zero-order valence-corrected chi connectivity index (χ0v) is 14.4. The van der Waals surface area contributed by atoms with Gasteiger partial charge in [-0.2, -0.15) is 0 Å². The highest BCUT2D eigenvalue weighted by Gasteiger charge is 2.17. The fourth-order valence-corrected chi connectivity index (χ4v) is 2.95. The molecule has 2 aromatic rings. The molecule has 0 bridgehead atoms. The molecule has 1 heterocycles. The molecule has 0 atom stereocenters. The van der Waals surface area contributed by atoms with Crippen LogP contribution in [0.25, 0.3) is 6.08 Å². The molecule has 3 rings (SSSR count). The first-order valence-corrected chi connectivity index (χ1v) is 7.98. The molecule has 0 aliphatic carbocycles. The van der Waals surface area contributed by atoms with Gasteiger partial charge in [-0.3, -0.25) is 14.9 Å². The van der Waals surface area contributed by atoms with Crippen molar-refractivity contribution >= 4 is 33.5 Å². The molecule has 0 radical (unpaired) electrons. The summed E-state index contributed by atoms with van der Waals surface area (Å²) in [6.45, 7) is 0.518. The first-order valence-electron chi connectivity index (χ1n) is 7.18. The molecule has 1 aliphatic rings. The van der Waals surface area contributed by atoms with Crippen molar-refractivity contribution in [1.29, 1.82) is 0 Å². The maximum absolute atomic E-state index is 12.3. The van der Waals surface area contributed by atoms with Crippen molar-refractivity contribution in [2.24, 2.45) is 0 Å². The predicted octanol–water partition coefficient (Wildman–Crippen LogP) is 3.83. The van der Waals surface area contributed by atoms with Gasteiger partial charge in [-0.15, -0.1) is 0 Å². The fraction of sp³-hybridized carbons (Fsp3) is 0.118. The second-order valence-electron chi connectivity index (χ2n) is 5.25. The maximum atomic E-state index is 12.3. The number of nitrogens with zero attached hydrogens (tertiary/aromatic N) is 1. The van der Waals surface area contributed by atoms with E-state index in [1.54, 1.807) is 6.07 Å². The van der Waals surface area contributed by atoms with Gasteiger partial charge in [0.15, 0.2) is 12.6 Å². The summed E-state index contributed by atoms with van der Waals surface area (Å²) < 4.78 is 11.5. The molecule has 25 heavy (non-hydrogen) atoms. The molecule has 0 aromatic heterocycles. The molecule has 1 aliphatic heterocycles. The highest BCUT2D eigenvalue weighted by atomic mass is 79.9. The number of fused-ring (bicyclic) bond motifs is 1. The molecule has 0 amide bonds. The van der Waals surface area contributed by atoms with Gasteiger partial charge in [0, 0.05) is 27.7 Å². The molecule has 0 spiro atoms. The first kappa shape index (κ1) is 17.1. The number of phenolic OH excluding ortho intramolecular Hbond substituents is 1. The predicted molar refractivity (Wildman–Crippen MR) is 92.6 cm³/mol. The van der Waals surface area contributed by atoms with E-state index in [9.17, 15) is 20.0 Å². The quantitative estimate of drug-likeness (QED) is 0.359. The van der Waals surface area contributed by atoms with E-state index in [1.807, 2.05) is 6.07 Å². The second-order valence-corrected chi connectivity index (χ2v) is 6.17. The van der Waals surface area contributed by atoms with E-state index in [4.69, 9.17) is 9.47 Å². The summed E-state index contributed by atoms with van der Waals surface area (Å²) in [4.78, 5) is 22.5. The van der Waals surface area contributed by atoms with Crippen LogP contribution in [0.5, 0.6) is 11.5 Å². The van der Waals surface area contributed by atoms with Gasteiger partial charge in [0.2, 0.25) is 0 Å². The average molecular weight is 406 g/mol. The van der Waals surface area contributed by atoms with Crippen molar-refractivity contribution in [2.75, 3.05) is 6.79 Å². The highest BCUT2D eigenvalue weighted by molar-refractivity contribution is 9.10. The Kier molecular flexibility index (Phi) is 4.82. The summed E-state index contributed by atoms with van der Waals surface area (Å²) in [5, 5.41) is 20.6. The Labute approximate surface area is 150 Å². The third-order valence-corrected chi connectivity index (χ3v) is 4.03. The third kappa shape index (κ3) is 3.70. The summed E-state index contributed by atoms with van der Waals surface area (Å²) in [6, 6.07) is 6.94. The summed E-state index contributed by atoms with van der Waals surface area (Å²) in [5.74, 6) is -0.259. The fourth-order valence-electron chi connectivity index (χ4n) is 2.42. The number of hydrogen-bond acceptors (Lipinski definition) is 6. The van der Waals surface area contributed by atoms with Crippen molar-refractivity contribution in [1.82, 2.24) is 0 Å². The molecule has 0 fully saturated rings. The SMILES string of the molecule is O=C(/C=C/c1cc(Br)cc2c1OCOC2)c1cc([N+](=O)[O-])ccc1O. The lowest BCUT2D eigenvalue weighted by Crippen LogP contribution is -2.12. The lowest BCUT2D eigenvalue weighted by atomic mass is 10.0. The maximum Gasteiger partial charge on any atom is 0.270 e. The van der Waals surface area contributed by atoms with Crippen molar-refractivity contribution in [3.05, 3.63) is 67.7 Å². The second kappa shape index (κ2) is 7.04. The average Bonchev–Trinajstić information content (AvgIpc) is 2.59. The highest BCUT2D eigenvalue weighted by Crippen LogP contribution is 2.33. The number of hydrogen-bond donors (Lipinski definition) is 1. The molecule has 1 N–H and O–H groups in total. The van der Waals surface area contributed by atoms with Gasteiger partial charge in [-0.1, -0.05) is 15.9 Å². The first-order chi connectivity index (χ1) is 12.0. The molecule has 7 nitrogen and oxygen atoms in total. The molecule has 2 aromatic carbocycles. The number of benzene rings is 2. The number of aromatic hydroxyl groups is 1. The third-order valence-electron chi connectivity index (χ3n) is 3.57. The van der Waals surface area contributed by atoms with Crippen LogP contribution in [0.3, 0.4) is 0 Å². The minimum atomic E-state index is -0.627. The number of non-ortho nitro benzene ring substituents is 1. The van der Waals surface area contributed by atoms with Crippen LogP contribution in [0.4, 0.5) is 5.69 Å². The monoisotopic (exact) mass is 405 g/mol. The molecule has 0 saturated heterocycles. The Bertz CT molecular complexity index is 893. The largest absolute Gasteiger partial charge is 0.507 e. The van der Waals surface area contributed by atoms with Crippen molar-refractivity contribution in [2.45, 2.75) is 6.61 Å². The summed E-state index contributed by atoms with van der Waals surface area (Å²) in [7, 11) is 0. The molecule has 128 valence electrons. The lowest BCUT2D eigenvalue weighted by Gasteiger charge is -2.20. The van der Waals surface area contributed by atoms with Crippen LogP contribution in [0, 0.1) is 10.1 Å². The Morgan fingerprint density at radius 1 is 1.32 bits per heavy atom. The molecule has 8 heteroatoms. The summed E-state index contributed by atoms with van der Waals surface area (Å²) in [6.07, 6.45) is 2.77. The Hall–Kier alpha value is -2.71. The number of ether oxygens (including phenoxy) is 2. The number of phenols is 1. The van der Waals surface area contributed by atoms with Crippen LogP contribution < -0.4 is 4.74 Å². The number of nitro groups is 1. The van der Waals surface area contributed by atoms with Crippen LogP contribution in [0.2, 0.25) is 0 Å². The van der Waals surface area contributed by atoms with Gasteiger partial charge in [-0.25, -0.2) is 0 Å². The topological polar surface area (TPSA) is 98.9 Å². The van der Waals surface area contributed by atoms with Crippen LogP contribution in [-0.4, -0.2) is 22.6 Å². The summed E-state index contributed by atoms with van der Waals surface area (Å²) >= 11 is 3.39. The number of ketones is 1. The molecular weight excluding hydrogens is 394 g/mol. The van der Waals surface area contributed by atoms with Gasteiger partial charge in [0.1, 0.15) is 11.5 Å². The number of carbonyl (C=O) groups excluding carboxylic acids is 1. The normalized spacial score (nSPS) is 13.3. The van der Waals surface area contributed by atoms with E-state index in [1.165, 1.54) is 12.2 Å². The van der Waals surface area contributed by atoms with Crippen molar-refractivity contribution in [3.63, 3.8) is 0 Å². The number of rotatable bonds is 4. The molecule has 0 saturated carbocycles. The molecular formula is C17H12BrNO6. The van der Waals surface area contributed by atoms with E-state index in [-0.39, 0.29) is 23.8 Å². The standard InChI is InChI=1S/C17H12BrNO6/c18-12-5-10(17-11(6-12)8-24-9-25-17)1-3-15(20)14-7-13(19(22)23)2-4-16(14)21/h1-7,21H,8-9H2/b3-1+. The van der Waals surface area contributed by atoms with E-state index in [2.05, 4.69) is 15.9 Å². The summed E-state index contributed by atoms with van der Waals surface area (Å²) in [5.41, 5.74) is 1.09. The molecule has 0 unspecified atom stereocenters. The van der Waals surface area contributed by atoms with Crippen LogP contribution in [0.15, 0.2) is 40.9 Å². The Morgan fingerprint density at radius 3 is 2.88 bits per heavy atom. The number of halogens is 1. The van der Waals surface area contributed by atoms with Crippen molar-refractivity contribution < 1.29 is 24.3 Å². The Morgan fingerprint density at radius 2 is 2.12 bits per heavy atom. The van der Waals surface area contributed by atoms with Gasteiger partial charge < -0.3 is 14.6 Å². The van der Waals surface area contributed by atoms with E-state index < -0.39 is 10.7 Å².